The van der Waals surface area contributed by atoms with Crippen molar-refractivity contribution in [2.75, 3.05) is 7.11 Å². The van der Waals surface area contributed by atoms with Crippen LogP contribution >= 0.6 is 0 Å². The van der Waals surface area contributed by atoms with Gasteiger partial charge in [0.05, 0.1) is 18.2 Å². The molecular weight excluding hydrogens is 349 g/mol. The molecule has 1 atom stereocenters. The monoisotopic (exact) mass is 366 g/mol. The van der Waals surface area contributed by atoms with Crippen molar-refractivity contribution in [3.8, 4) is 5.75 Å². The molecule has 138 valence electrons. The number of ether oxygens (including phenoxy) is 1. The lowest BCUT2D eigenvalue weighted by molar-refractivity contribution is -0.137. The summed E-state index contributed by atoms with van der Waals surface area (Å²) in [6.07, 6.45) is -4.71. The molecule has 0 saturated carbocycles. The van der Waals surface area contributed by atoms with Crippen LogP contribution < -0.4 is 15.8 Å². The van der Waals surface area contributed by atoms with Gasteiger partial charge in [0.25, 0.3) is 5.91 Å². The van der Waals surface area contributed by atoms with Gasteiger partial charge in [-0.1, -0.05) is 30.3 Å². The van der Waals surface area contributed by atoms with Crippen LogP contribution in [0.2, 0.25) is 0 Å². The molecule has 0 aliphatic rings. The number of para-hydroxylation sites is 1. The van der Waals surface area contributed by atoms with E-state index in [1.165, 1.54) is 19.2 Å². The first-order valence-electron chi connectivity index (χ1n) is 7.62. The van der Waals surface area contributed by atoms with Crippen LogP contribution in [0.3, 0.4) is 0 Å². The lowest BCUT2D eigenvalue weighted by atomic mass is 10.0. The van der Waals surface area contributed by atoms with Crippen LogP contribution in [0.25, 0.3) is 0 Å². The minimum Gasteiger partial charge on any atom is -0.496 e. The molecule has 0 bridgehead atoms. The topological polar surface area (TPSA) is 81.4 Å². The standard InChI is InChI=1S/C18H17F3N2O3/c1-26-15-9-5-2-6-11(15)10-14(16(22)24)23-17(25)12-7-3-4-8-13(12)18(19,20)21/h2-9,14H,10H2,1H3,(H2,22,24)(H,23,25)/t14-/m1/s1. The number of hydrogen-bond donors (Lipinski definition) is 2. The van der Waals surface area contributed by atoms with Crippen LogP contribution in [0.15, 0.2) is 48.5 Å². The molecule has 0 spiro atoms. The van der Waals surface area contributed by atoms with Gasteiger partial charge in [-0.15, -0.1) is 0 Å². The Bertz CT molecular complexity index is 806. The number of carbonyl (C=O) groups is 2. The Labute approximate surface area is 148 Å². The summed E-state index contributed by atoms with van der Waals surface area (Å²) in [5.41, 5.74) is 4.23. The summed E-state index contributed by atoms with van der Waals surface area (Å²) in [4.78, 5) is 24.0. The van der Waals surface area contributed by atoms with Gasteiger partial charge in [-0.3, -0.25) is 9.59 Å². The van der Waals surface area contributed by atoms with Crippen LogP contribution in [0.4, 0.5) is 13.2 Å². The van der Waals surface area contributed by atoms with Gasteiger partial charge in [-0.2, -0.15) is 13.2 Å². The number of methoxy groups -OCH3 is 1. The highest BCUT2D eigenvalue weighted by molar-refractivity contribution is 5.98. The minimum atomic E-state index is -4.70. The maximum atomic E-state index is 13.1. The molecule has 3 N–H and O–H groups in total. The van der Waals surface area contributed by atoms with Crippen molar-refractivity contribution in [2.24, 2.45) is 5.73 Å². The third kappa shape index (κ3) is 4.53. The highest BCUT2D eigenvalue weighted by Gasteiger charge is 2.35. The van der Waals surface area contributed by atoms with E-state index in [9.17, 15) is 22.8 Å². The van der Waals surface area contributed by atoms with Gasteiger partial charge in [0.1, 0.15) is 11.8 Å². The van der Waals surface area contributed by atoms with E-state index in [2.05, 4.69) is 5.32 Å². The smallest absolute Gasteiger partial charge is 0.417 e. The van der Waals surface area contributed by atoms with E-state index >= 15 is 0 Å². The molecular formula is C18H17F3N2O3. The number of nitrogens with one attached hydrogen (secondary N) is 1. The first-order valence-corrected chi connectivity index (χ1v) is 7.62. The molecule has 8 heteroatoms. The Kier molecular flexibility index (Phi) is 5.86. The van der Waals surface area contributed by atoms with E-state index < -0.39 is 35.2 Å². The molecule has 2 rings (SSSR count). The van der Waals surface area contributed by atoms with Crippen molar-refractivity contribution in [2.45, 2.75) is 18.6 Å². The molecule has 0 aliphatic heterocycles. The lowest BCUT2D eigenvalue weighted by Crippen LogP contribution is -2.46. The first-order chi connectivity index (χ1) is 12.2. The summed E-state index contributed by atoms with van der Waals surface area (Å²) in [6, 6.07) is 9.90. The Morgan fingerprint density at radius 1 is 1.12 bits per heavy atom. The van der Waals surface area contributed by atoms with Gasteiger partial charge >= 0.3 is 6.18 Å². The predicted octanol–water partition coefficient (Wildman–Crippen LogP) is 2.54. The quantitative estimate of drug-likeness (QED) is 0.824. The number of primary amides is 1. The second kappa shape index (κ2) is 7.90. The molecule has 2 aromatic rings. The van der Waals surface area contributed by atoms with Crippen LogP contribution in [0.1, 0.15) is 21.5 Å². The van der Waals surface area contributed by atoms with Crippen molar-refractivity contribution < 1.29 is 27.5 Å². The van der Waals surface area contributed by atoms with E-state index in [-0.39, 0.29) is 6.42 Å². The van der Waals surface area contributed by atoms with Crippen molar-refractivity contribution in [1.82, 2.24) is 5.32 Å². The zero-order valence-corrected chi connectivity index (χ0v) is 13.8. The van der Waals surface area contributed by atoms with Crippen molar-refractivity contribution in [1.29, 1.82) is 0 Å². The lowest BCUT2D eigenvalue weighted by Gasteiger charge is -2.19. The third-order valence-corrected chi connectivity index (χ3v) is 3.74. The number of hydrogen-bond acceptors (Lipinski definition) is 3. The number of carbonyl (C=O) groups excluding carboxylic acids is 2. The van der Waals surface area contributed by atoms with Crippen LogP contribution in [-0.4, -0.2) is 25.0 Å². The fourth-order valence-electron chi connectivity index (χ4n) is 2.48. The van der Waals surface area contributed by atoms with Crippen LogP contribution in [-0.2, 0) is 17.4 Å². The second-order valence-corrected chi connectivity index (χ2v) is 5.49. The normalized spacial score (nSPS) is 12.3. The zero-order chi connectivity index (χ0) is 19.3. The number of amides is 2. The molecule has 26 heavy (non-hydrogen) atoms. The van der Waals surface area contributed by atoms with Crippen LogP contribution in [0, 0.1) is 0 Å². The third-order valence-electron chi connectivity index (χ3n) is 3.74. The minimum absolute atomic E-state index is 0.0146. The number of alkyl halides is 3. The summed E-state index contributed by atoms with van der Waals surface area (Å²) < 4.78 is 44.4. The first kappa shape index (κ1) is 19.3. The Morgan fingerprint density at radius 3 is 2.35 bits per heavy atom. The predicted molar refractivity (Wildman–Crippen MR) is 88.6 cm³/mol. The summed E-state index contributed by atoms with van der Waals surface area (Å²) in [5.74, 6) is -1.42. The van der Waals surface area contributed by atoms with Crippen molar-refractivity contribution in [3.63, 3.8) is 0 Å². The molecule has 0 saturated heterocycles. The summed E-state index contributed by atoms with van der Waals surface area (Å²) in [7, 11) is 1.44. The van der Waals surface area contributed by atoms with Gasteiger partial charge in [0.2, 0.25) is 5.91 Å². The van der Waals surface area contributed by atoms with Gasteiger partial charge in [-0.25, -0.2) is 0 Å². The summed E-state index contributed by atoms with van der Waals surface area (Å²) >= 11 is 0. The molecule has 0 aliphatic carbocycles. The zero-order valence-electron chi connectivity index (χ0n) is 13.8. The highest BCUT2D eigenvalue weighted by Crippen LogP contribution is 2.31. The van der Waals surface area contributed by atoms with E-state index in [1.807, 2.05) is 0 Å². The molecule has 0 radical (unpaired) electrons. The Morgan fingerprint density at radius 2 is 1.73 bits per heavy atom. The number of benzene rings is 2. The van der Waals surface area contributed by atoms with Gasteiger partial charge < -0.3 is 15.8 Å². The number of halogens is 3. The molecule has 0 aromatic heterocycles. The molecule has 0 heterocycles. The second-order valence-electron chi connectivity index (χ2n) is 5.49. The van der Waals surface area contributed by atoms with Gasteiger partial charge in [0, 0.05) is 6.42 Å². The molecule has 2 aromatic carbocycles. The molecule has 2 amide bonds. The Hall–Kier alpha value is -3.03. The van der Waals surface area contributed by atoms with E-state index in [4.69, 9.17) is 10.5 Å². The van der Waals surface area contributed by atoms with E-state index in [0.717, 1.165) is 12.1 Å². The average Bonchev–Trinajstić information content (AvgIpc) is 2.60. The highest BCUT2D eigenvalue weighted by atomic mass is 19.4. The summed E-state index contributed by atoms with van der Waals surface area (Å²) in [5, 5.41) is 2.28. The van der Waals surface area contributed by atoms with Crippen molar-refractivity contribution >= 4 is 11.8 Å². The van der Waals surface area contributed by atoms with Crippen LogP contribution in [0.5, 0.6) is 5.75 Å². The van der Waals surface area contributed by atoms with E-state index in [1.54, 1.807) is 24.3 Å². The van der Waals surface area contributed by atoms with E-state index in [0.29, 0.717) is 11.3 Å². The SMILES string of the molecule is COc1ccccc1C[C@@H](NC(=O)c1ccccc1C(F)(F)F)C(N)=O. The average molecular weight is 366 g/mol. The van der Waals surface area contributed by atoms with Crippen molar-refractivity contribution in [3.05, 3.63) is 65.2 Å². The maximum absolute atomic E-state index is 13.1. The van der Waals surface area contributed by atoms with Gasteiger partial charge in [-0.05, 0) is 23.8 Å². The molecule has 5 nitrogen and oxygen atoms in total. The summed E-state index contributed by atoms with van der Waals surface area (Å²) in [6.45, 7) is 0. The Balaban J connectivity index is 2.26. The number of nitrogens with two attached hydrogens (primary N) is 1. The fourth-order valence-corrected chi connectivity index (χ4v) is 2.48. The fraction of sp³-hybridized carbons (Fsp3) is 0.222. The maximum Gasteiger partial charge on any atom is 0.417 e. The largest absolute Gasteiger partial charge is 0.496 e. The molecule has 0 unspecified atom stereocenters. The van der Waals surface area contributed by atoms with Gasteiger partial charge in [0.15, 0.2) is 0 Å². The number of rotatable bonds is 6. The molecule has 0 fully saturated rings.